The Bertz CT molecular complexity index is 220. The van der Waals surface area contributed by atoms with Gasteiger partial charge in [0.2, 0.25) is 6.39 Å². The molecule has 6 heteroatoms. The molecule has 0 aliphatic heterocycles. The Morgan fingerprint density at radius 3 is 3.00 bits per heavy atom. The van der Waals surface area contributed by atoms with Crippen LogP contribution in [0.4, 0.5) is 10.8 Å². The van der Waals surface area contributed by atoms with Crippen LogP contribution in [0.15, 0.2) is 10.8 Å². The van der Waals surface area contributed by atoms with Gasteiger partial charge in [-0.2, -0.15) is 0 Å². The Morgan fingerprint density at radius 2 is 2.60 bits per heavy atom. The first-order valence-corrected chi connectivity index (χ1v) is 2.44. The number of hydrogen-bond acceptors (Lipinski definition) is 4. The molecular formula is C4H5N3O3. The maximum atomic E-state index is 10.2. The minimum absolute atomic E-state index is 0.0347. The Morgan fingerprint density at radius 1 is 1.90 bits per heavy atom. The Balaban J connectivity index is 2.77. The van der Waals surface area contributed by atoms with Crippen LogP contribution in [0.1, 0.15) is 0 Å². The zero-order chi connectivity index (χ0) is 7.56. The molecule has 0 fully saturated rings. The van der Waals surface area contributed by atoms with E-state index in [9.17, 15) is 4.79 Å². The van der Waals surface area contributed by atoms with Gasteiger partial charge in [-0.25, -0.2) is 9.69 Å². The molecule has 0 unspecified atom stereocenters. The van der Waals surface area contributed by atoms with Crippen molar-refractivity contribution in [3.8, 4) is 0 Å². The smallest absolute Gasteiger partial charge is 0.415 e. The summed E-state index contributed by atoms with van der Waals surface area (Å²) >= 11 is 0. The number of nitrogens with zero attached hydrogens (tertiary/aromatic N) is 3. The van der Waals surface area contributed by atoms with E-state index in [2.05, 4.69) is 14.6 Å². The Labute approximate surface area is 56.1 Å². The first kappa shape index (κ1) is 6.53. The van der Waals surface area contributed by atoms with Gasteiger partial charge in [-0.1, -0.05) is 5.10 Å². The van der Waals surface area contributed by atoms with Crippen molar-refractivity contribution in [3.05, 3.63) is 6.39 Å². The molecule has 0 aliphatic rings. The third-order valence-electron chi connectivity index (χ3n) is 0.922. The van der Waals surface area contributed by atoms with Gasteiger partial charge in [-0.15, -0.1) is 5.10 Å². The first-order chi connectivity index (χ1) is 4.72. The van der Waals surface area contributed by atoms with Gasteiger partial charge in [0.25, 0.3) is 0 Å². The first-order valence-electron chi connectivity index (χ1n) is 2.44. The van der Waals surface area contributed by atoms with Crippen LogP contribution >= 0.6 is 0 Å². The van der Waals surface area contributed by atoms with Crippen molar-refractivity contribution in [1.29, 1.82) is 0 Å². The molecule has 0 aliphatic carbocycles. The SMILES string of the molecule is CN(C(=O)O)c1nnco1. The largest absolute Gasteiger partial charge is 0.465 e. The number of aromatic nitrogens is 2. The summed E-state index contributed by atoms with van der Waals surface area (Å²) < 4.78 is 4.58. The molecule has 1 aromatic heterocycles. The number of hydrogen-bond donors (Lipinski definition) is 1. The van der Waals surface area contributed by atoms with Crippen LogP contribution in [-0.4, -0.2) is 28.4 Å². The second kappa shape index (κ2) is 2.34. The molecule has 0 saturated carbocycles. The van der Waals surface area contributed by atoms with Crippen molar-refractivity contribution in [2.75, 3.05) is 11.9 Å². The molecule has 0 bridgehead atoms. The van der Waals surface area contributed by atoms with Gasteiger partial charge in [0.05, 0.1) is 0 Å². The fourth-order valence-electron chi connectivity index (χ4n) is 0.395. The second-order valence-corrected chi connectivity index (χ2v) is 1.56. The van der Waals surface area contributed by atoms with E-state index in [0.29, 0.717) is 0 Å². The molecule has 0 spiro atoms. The normalized spacial score (nSPS) is 9.30. The van der Waals surface area contributed by atoms with Crippen LogP contribution in [0.25, 0.3) is 0 Å². The van der Waals surface area contributed by atoms with Crippen molar-refractivity contribution >= 4 is 12.1 Å². The second-order valence-electron chi connectivity index (χ2n) is 1.56. The number of anilines is 1. The average molecular weight is 143 g/mol. The highest BCUT2D eigenvalue weighted by atomic mass is 16.4. The third-order valence-corrected chi connectivity index (χ3v) is 0.922. The van der Waals surface area contributed by atoms with E-state index in [-0.39, 0.29) is 6.01 Å². The fraction of sp³-hybridized carbons (Fsp3) is 0.250. The summed E-state index contributed by atoms with van der Waals surface area (Å²) in [4.78, 5) is 11.0. The number of amides is 1. The Hall–Kier alpha value is -1.59. The highest BCUT2D eigenvalue weighted by Gasteiger charge is 2.12. The number of carbonyl (C=O) groups is 1. The molecule has 1 amide bonds. The molecular weight excluding hydrogens is 138 g/mol. The van der Waals surface area contributed by atoms with Crippen molar-refractivity contribution in [2.45, 2.75) is 0 Å². The van der Waals surface area contributed by atoms with Crippen LogP contribution in [0.3, 0.4) is 0 Å². The summed E-state index contributed by atoms with van der Waals surface area (Å²) in [6.45, 7) is 0. The van der Waals surface area contributed by atoms with Crippen LogP contribution < -0.4 is 4.90 Å². The summed E-state index contributed by atoms with van der Waals surface area (Å²) in [6.07, 6.45) is -0.0707. The number of rotatable bonds is 1. The zero-order valence-electron chi connectivity index (χ0n) is 5.18. The van der Waals surface area contributed by atoms with E-state index in [1.165, 1.54) is 7.05 Å². The van der Waals surface area contributed by atoms with Gasteiger partial charge >= 0.3 is 12.1 Å². The zero-order valence-corrected chi connectivity index (χ0v) is 5.18. The molecule has 1 N–H and O–H groups in total. The van der Waals surface area contributed by atoms with E-state index in [4.69, 9.17) is 5.11 Å². The maximum Gasteiger partial charge on any atom is 0.415 e. The van der Waals surface area contributed by atoms with E-state index in [1.807, 2.05) is 0 Å². The van der Waals surface area contributed by atoms with Gasteiger partial charge in [0, 0.05) is 7.05 Å². The van der Waals surface area contributed by atoms with E-state index in [1.54, 1.807) is 0 Å². The molecule has 54 valence electrons. The van der Waals surface area contributed by atoms with Crippen LogP contribution in [0, 0.1) is 0 Å². The minimum atomic E-state index is -1.13. The van der Waals surface area contributed by atoms with E-state index >= 15 is 0 Å². The van der Waals surface area contributed by atoms with Crippen LogP contribution in [0.5, 0.6) is 0 Å². The highest BCUT2D eigenvalue weighted by Crippen LogP contribution is 2.04. The lowest BCUT2D eigenvalue weighted by molar-refractivity contribution is 0.202. The summed E-state index contributed by atoms with van der Waals surface area (Å²) in [7, 11) is 1.32. The van der Waals surface area contributed by atoms with Gasteiger partial charge in [0.1, 0.15) is 0 Å². The molecule has 0 aromatic carbocycles. The third kappa shape index (κ3) is 1.04. The van der Waals surface area contributed by atoms with Gasteiger partial charge < -0.3 is 9.52 Å². The fourth-order valence-corrected chi connectivity index (χ4v) is 0.395. The summed E-state index contributed by atoms with van der Waals surface area (Å²) in [6, 6.07) is -0.0347. The van der Waals surface area contributed by atoms with Crippen molar-refractivity contribution in [1.82, 2.24) is 10.2 Å². The van der Waals surface area contributed by atoms with E-state index in [0.717, 1.165) is 11.3 Å². The molecule has 0 radical (unpaired) electrons. The summed E-state index contributed by atoms with van der Waals surface area (Å²) in [5.41, 5.74) is 0. The van der Waals surface area contributed by atoms with Crippen LogP contribution in [0.2, 0.25) is 0 Å². The number of carboxylic acid groups (broad SMARTS) is 1. The Kier molecular flexibility index (Phi) is 1.53. The lowest BCUT2D eigenvalue weighted by atomic mass is 10.8. The standard InChI is InChI=1S/C4H5N3O3/c1-7(4(8)9)3-6-5-2-10-3/h2H,1H3,(H,8,9). The van der Waals surface area contributed by atoms with Gasteiger partial charge in [-0.05, 0) is 0 Å². The topological polar surface area (TPSA) is 79.5 Å². The lowest BCUT2D eigenvalue weighted by Gasteiger charge is -2.03. The molecule has 0 saturated heterocycles. The lowest BCUT2D eigenvalue weighted by Crippen LogP contribution is -2.23. The van der Waals surface area contributed by atoms with Gasteiger partial charge in [0.15, 0.2) is 0 Å². The highest BCUT2D eigenvalue weighted by molar-refractivity contribution is 5.81. The molecule has 6 nitrogen and oxygen atoms in total. The molecule has 1 heterocycles. The van der Waals surface area contributed by atoms with Gasteiger partial charge in [-0.3, -0.25) is 0 Å². The molecule has 0 atom stereocenters. The minimum Gasteiger partial charge on any atom is -0.465 e. The predicted octanol–water partition coefficient (Wildman–Crippen LogP) is 0.184. The van der Waals surface area contributed by atoms with Crippen LogP contribution in [-0.2, 0) is 0 Å². The maximum absolute atomic E-state index is 10.2. The molecule has 10 heavy (non-hydrogen) atoms. The average Bonchev–Trinajstić information content (AvgIpc) is 2.36. The molecule has 1 aromatic rings. The monoisotopic (exact) mass is 143 g/mol. The molecule has 1 rings (SSSR count). The van der Waals surface area contributed by atoms with Crippen molar-refractivity contribution in [2.24, 2.45) is 0 Å². The van der Waals surface area contributed by atoms with Crippen molar-refractivity contribution in [3.63, 3.8) is 0 Å². The quantitative estimate of drug-likeness (QED) is 0.606. The summed E-state index contributed by atoms with van der Waals surface area (Å²) in [5, 5.41) is 15.0. The predicted molar refractivity (Wildman–Crippen MR) is 30.7 cm³/mol. The summed E-state index contributed by atoms with van der Waals surface area (Å²) in [5.74, 6) is 0. The van der Waals surface area contributed by atoms with E-state index < -0.39 is 6.09 Å². The van der Waals surface area contributed by atoms with Crippen molar-refractivity contribution < 1.29 is 14.3 Å².